The molecule has 0 saturated carbocycles. The number of Topliss-reactive ketones (excluding diaryl/α,β-unsaturated/α-hetero) is 2. The van der Waals surface area contributed by atoms with Crippen LogP contribution in [0.5, 0.6) is 0 Å². The van der Waals surface area contributed by atoms with Gasteiger partial charge in [0.2, 0.25) is 0 Å². The first-order valence-electron chi connectivity index (χ1n) is 11.6. The number of nitrogens with zero attached hydrogens (tertiary/aromatic N) is 1. The van der Waals surface area contributed by atoms with Crippen molar-refractivity contribution in [2.24, 2.45) is 0 Å². The van der Waals surface area contributed by atoms with E-state index in [-0.39, 0.29) is 49.3 Å². The van der Waals surface area contributed by atoms with E-state index in [1.165, 1.54) is 4.90 Å². The van der Waals surface area contributed by atoms with Crippen molar-refractivity contribution < 1.29 is 28.7 Å². The van der Waals surface area contributed by atoms with Gasteiger partial charge in [-0.05, 0) is 38.3 Å². The molecule has 0 N–H and O–H groups in total. The van der Waals surface area contributed by atoms with Crippen LogP contribution in [-0.2, 0) is 14.3 Å². The van der Waals surface area contributed by atoms with Gasteiger partial charge in [-0.25, -0.2) is 0 Å². The van der Waals surface area contributed by atoms with Crippen molar-refractivity contribution in [3.05, 3.63) is 71.3 Å². The van der Waals surface area contributed by atoms with Crippen LogP contribution in [0, 0.1) is 0 Å². The molecule has 0 radical (unpaired) electrons. The number of carbonyl (C=O) groups excluding carboxylic acids is 5. The molecule has 0 spiro atoms. The van der Waals surface area contributed by atoms with E-state index in [1.807, 2.05) is 18.2 Å². The lowest BCUT2D eigenvalue weighted by Crippen LogP contribution is -2.40. The monoisotopic (exact) mass is 463 g/mol. The first-order chi connectivity index (χ1) is 16.4. The van der Waals surface area contributed by atoms with Crippen LogP contribution in [-0.4, -0.2) is 46.9 Å². The molecule has 7 nitrogen and oxygen atoms in total. The summed E-state index contributed by atoms with van der Waals surface area (Å²) in [6, 6.07) is 15.2. The molecule has 1 atom stereocenters. The van der Waals surface area contributed by atoms with Crippen molar-refractivity contribution in [3.8, 4) is 0 Å². The molecular weight excluding hydrogens is 434 g/mol. The molecule has 178 valence electrons. The number of ketones is 2. The van der Waals surface area contributed by atoms with E-state index in [9.17, 15) is 24.0 Å². The number of benzene rings is 2. The fraction of sp³-hybridized carbons (Fsp3) is 0.370. The topological polar surface area (TPSA) is 97.8 Å². The number of unbranched alkanes of at least 4 members (excludes halogenated alkanes) is 1. The lowest BCUT2D eigenvalue weighted by atomic mass is 9.98. The largest absolute Gasteiger partial charge is 0.466 e. The predicted octanol–water partition coefficient (Wildman–Crippen LogP) is 4.40. The summed E-state index contributed by atoms with van der Waals surface area (Å²) in [5, 5.41) is 0. The maximum Gasteiger partial charge on any atom is 0.313 e. The van der Waals surface area contributed by atoms with Gasteiger partial charge in [0.25, 0.3) is 11.8 Å². The van der Waals surface area contributed by atoms with Crippen molar-refractivity contribution in [2.45, 2.75) is 57.9 Å². The van der Waals surface area contributed by atoms with E-state index in [0.717, 1.165) is 0 Å². The van der Waals surface area contributed by atoms with E-state index in [1.54, 1.807) is 43.3 Å². The zero-order valence-electron chi connectivity index (χ0n) is 19.3. The van der Waals surface area contributed by atoms with Gasteiger partial charge in [-0.3, -0.25) is 28.9 Å². The van der Waals surface area contributed by atoms with Crippen LogP contribution in [0.4, 0.5) is 0 Å². The zero-order chi connectivity index (χ0) is 24.5. The van der Waals surface area contributed by atoms with Gasteiger partial charge < -0.3 is 4.74 Å². The lowest BCUT2D eigenvalue weighted by Gasteiger charge is -2.26. The standard InChI is InChI=1S/C27H29NO6/c1-2-34-25(31)18-21(29)17-16-20(12-6-9-15-24(30)19-10-4-3-5-11-19)28-26(32)22-13-7-8-14-23(22)27(28)33/h3-5,7-8,10-11,13-14,20H,2,6,9,12,15-18H2,1H3. The normalized spacial score (nSPS) is 13.5. The highest BCUT2D eigenvalue weighted by atomic mass is 16.5. The highest BCUT2D eigenvalue weighted by molar-refractivity contribution is 6.21. The van der Waals surface area contributed by atoms with E-state index in [0.29, 0.717) is 42.4 Å². The molecule has 2 aromatic carbocycles. The molecule has 2 amide bonds. The number of ether oxygens (including phenoxy) is 1. The average molecular weight is 464 g/mol. The van der Waals surface area contributed by atoms with E-state index < -0.39 is 12.0 Å². The number of hydrogen-bond donors (Lipinski definition) is 0. The maximum atomic E-state index is 13.0. The summed E-state index contributed by atoms with van der Waals surface area (Å²) < 4.78 is 4.82. The molecule has 7 heteroatoms. The Balaban J connectivity index is 1.63. The molecule has 34 heavy (non-hydrogen) atoms. The summed E-state index contributed by atoms with van der Waals surface area (Å²) in [4.78, 5) is 63.4. The molecule has 0 aromatic heterocycles. The Bertz CT molecular complexity index is 1030. The highest BCUT2D eigenvalue weighted by Gasteiger charge is 2.39. The average Bonchev–Trinajstić information content (AvgIpc) is 3.09. The summed E-state index contributed by atoms with van der Waals surface area (Å²) in [5.41, 5.74) is 1.37. The Morgan fingerprint density at radius 1 is 0.824 bits per heavy atom. The Kier molecular flexibility index (Phi) is 8.85. The Labute approximate surface area is 199 Å². The fourth-order valence-electron chi connectivity index (χ4n) is 4.16. The van der Waals surface area contributed by atoms with E-state index in [4.69, 9.17) is 4.74 Å². The van der Waals surface area contributed by atoms with Crippen molar-refractivity contribution in [3.63, 3.8) is 0 Å². The second-order valence-electron chi connectivity index (χ2n) is 8.27. The number of fused-ring (bicyclic) bond motifs is 1. The molecule has 1 unspecified atom stereocenters. The van der Waals surface area contributed by atoms with Gasteiger partial charge in [0.15, 0.2) is 5.78 Å². The van der Waals surface area contributed by atoms with Crippen LogP contribution >= 0.6 is 0 Å². The lowest BCUT2D eigenvalue weighted by molar-refractivity contribution is -0.145. The first-order valence-corrected chi connectivity index (χ1v) is 11.6. The van der Waals surface area contributed by atoms with E-state index in [2.05, 4.69) is 0 Å². The number of rotatable bonds is 13. The molecule has 1 heterocycles. The van der Waals surface area contributed by atoms with Gasteiger partial charge in [-0.2, -0.15) is 0 Å². The van der Waals surface area contributed by atoms with Gasteiger partial charge in [-0.1, -0.05) is 48.9 Å². The molecule has 1 aliphatic rings. The predicted molar refractivity (Wildman–Crippen MR) is 125 cm³/mol. The Hall–Kier alpha value is -3.61. The van der Waals surface area contributed by atoms with Crippen LogP contribution in [0.15, 0.2) is 54.6 Å². The molecule has 1 aliphatic heterocycles. The Morgan fingerprint density at radius 2 is 1.44 bits per heavy atom. The molecule has 0 bridgehead atoms. The van der Waals surface area contributed by atoms with Gasteiger partial charge in [0, 0.05) is 24.4 Å². The van der Waals surface area contributed by atoms with Crippen molar-refractivity contribution in [2.75, 3.05) is 6.61 Å². The van der Waals surface area contributed by atoms with Crippen LogP contribution in [0.3, 0.4) is 0 Å². The highest BCUT2D eigenvalue weighted by Crippen LogP contribution is 2.28. The SMILES string of the molecule is CCOC(=O)CC(=O)CCC(CCCCC(=O)c1ccccc1)N1C(=O)c2ccccc2C1=O. The third-order valence-corrected chi connectivity index (χ3v) is 5.88. The third-order valence-electron chi connectivity index (χ3n) is 5.88. The number of esters is 1. The van der Waals surface area contributed by atoms with Gasteiger partial charge in [0.1, 0.15) is 12.2 Å². The zero-order valence-corrected chi connectivity index (χ0v) is 19.3. The second kappa shape index (κ2) is 12.0. The van der Waals surface area contributed by atoms with Gasteiger partial charge in [0.05, 0.1) is 17.7 Å². The number of carbonyl (C=O) groups is 5. The minimum atomic E-state index is -0.579. The Morgan fingerprint density at radius 3 is 2.06 bits per heavy atom. The number of imide groups is 1. The minimum Gasteiger partial charge on any atom is -0.466 e. The fourth-order valence-corrected chi connectivity index (χ4v) is 4.16. The molecular formula is C27H29NO6. The molecule has 3 rings (SSSR count). The van der Waals surface area contributed by atoms with Gasteiger partial charge in [-0.15, -0.1) is 0 Å². The summed E-state index contributed by atoms with van der Waals surface area (Å²) >= 11 is 0. The van der Waals surface area contributed by atoms with Crippen LogP contribution in [0.25, 0.3) is 0 Å². The summed E-state index contributed by atoms with van der Waals surface area (Å²) in [5.74, 6) is -1.57. The van der Waals surface area contributed by atoms with Crippen LogP contribution < -0.4 is 0 Å². The van der Waals surface area contributed by atoms with Crippen molar-refractivity contribution in [1.29, 1.82) is 0 Å². The summed E-state index contributed by atoms with van der Waals surface area (Å²) in [6.45, 7) is 1.87. The minimum absolute atomic E-state index is 0.0440. The number of hydrogen-bond acceptors (Lipinski definition) is 6. The number of amides is 2. The first kappa shape index (κ1) is 25.0. The second-order valence-corrected chi connectivity index (χ2v) is 8.27. The third kappa shape index (κ3) is 6.25. The smallest absolute Gasteiger partial charge is 0.313 e. The summed E-state index contributed by atoms with van der Waals surface area (Å²) in [6.07, 6.45) is 2.04. The quantitative estimate of drug-likeness (QED) is 0.144. The molecule has 2 aromatic rings. The molecule has 0 fully saturated rings. The van der Waals surface area contributed by atoms with Crippen LogP contribution in [0.1, 0.15) is 82.9 Å². The van der Waals surface area contributed by atoms with E-state index >= 15 is 0 Å². The summed E-state index contributed by atoms with van der Waals surface area (Å²) in [7, 11) is 0. The molecule has 0 aliphatic carbocycles. The van der Waals surface area contributed by atoms with Crippen molar-refractivity contribution >= 4 is 29.4 Å². The molecule has 0 saturated heterocycles. The van der Waals surface area contributed by atoms with Gasteiger partial charge >= 0.3 is 5.97 Å². The maximum absolute atomic E-state index is 13.0. The van der Waals surface area contributed by atoms with Crippen LogP contribution in [0.2, 0.25) is 0 Å². The van der Waals surface area contributed by atoms with Crippen molar-refractivity contribution in [1.82, 2.24) is 4.90 Å².